The number of imidazole rings is 1. The number of nitrogens with one attached hydrogen (secondary N) is 1. The summed E-state index contributed by atoms with van der Waals surface area (Å²) in [4.78, 5) is 7.75. The second-order valence-electron chi connectivity index (χ2n) is 6.58. The number of hydrogen-bond donors (Lipinski definition) is 1. The van der Waals surface area contributed by atoms with Gasteiger partial charge in [-0.15, -0.1) is 0 Å². The van der Waals surface area contributed by atoms with Crippen LogP contribution in [0.5, 0.6) is 11.5 Å². The van der Waals surface area contributed by atoms with Crippen molar-refractivity contribution >= 4 is 34.8 Å². The highest BCUT2D eigenvalue weighted by atomic mass is 35.5. The van der Waals surface area contributed by atoms with Crippen LogP contribution < -0.4 is 9.47 Å². The summed E-state index contributed by atoms with van der Waals surface area (Å²) in [5.41, 5.74) is 3.58. The van der Waals surface area contributed by atoms with Crippen LogP contribution in [-0.4, -0.2) is 17.1 Å². The third kappa shape index (κ3) is 4.73. The standard InChI is InChI=1S/C23H17Cl3N2O2/c1-29-22-10-15(4-7-21(22)30-13-14-2-5-17(24)6-3-14)20-12-27-23(28-20)16-8-18(25)11-19(26)9-16/h2-12H,13H2,1H3,(H,27,28). The third-order valence-corrected chi connectivity index (χ3v) is 5.18. The van der Waals surface area contributed by atoms with Crippen LogP contribution in [0.15, 0.2) is 66.9 Å². The van der Waals surface area contributed by atoms with Crippen LogP contribution in [0.25, 0.3) is 22.6 Å². The fourth-order valence-corrected chi connectivity index (χ4v) is 3.65. The van der Waals surface area contributed by atoms with Crippen molar-refractivity contribution in [2.24, 2.45) is 0 Å². The van der Waals surface area contributed by atoms with E-state index in [1.54, 1.807) is 19.4 Å². The van der Waals surface area contributed by atoms with Crippen molar-refractivity contribution in [3.05, 3.63) is 87.5 Å². The first-order valence-electron chi connectivity index (χ1n) is 9.09. The quantitative estimate of drug-likeness (QED) is 0.329. The number of nitrogens with zero attached hydrogens (tertiary/aromatic N) is 1. The maximum absolute atomic E-state index is 6.10. The Kier molecular flexibility index (Phi) is 6.18. The van der Waals surface area contributed by atoms with Crippen LogP contribution in [0.3, 0.4) is 0 Å². The molecule has 0 bridgehead atoms. The lowest BCUT2D eigenvalue weighted by molar-refractivity contribution is 0.284. The number of halogens is 3. The number of aromatic amines is 1. The lowest BCUT2D eigenvalue weighted by Crippen LogP contribution is -1.98. The first-order chi connectivity index (χ1) is 14.5. The summed E-state index contributed by atoms with van der Waals surface area (Å²) in [6.45, 7) is 0.413. The molecule has 4 rings (SSSR count). The van der Waals surface area contributed by atoms with Crippen molar-refractivity contribution in [2.75, 3.05) is 7.11 Å². The summed E-state index contributed by atoms with van der Waals surface area (Å²) in [6.07, 6.45) is 1.76. The first-order valence-corrected chi connectivity index (χ1v) is 10.2. The van der Waals surface area contributed by atoms with E-state index >= 15 is 0 Å². The molecule has 0 atom stereocenters. The van der Waals surface area contributed by atoms with E-state index in [9.17, 15) is 0 Å². The molecule has 1 heterocycles. The van der Waals surface area contributed by atoms with E-state index in [1.807, 2.05) is 54.6 Å². The Labute approximate surface area is 189 Å². The van der Waals surface area contributed by atoms with Crippen molar-refractivity contribution in [1.82, 2.24) is 9.97 Å². The molecule has 0 aliphatic carbocycles. The van der Waals surface area contributed by atoms with E-state index in [0.29, 0.717) is 39.0 Å². The Morgan fingerprint density at radius 1 is 0.800 bits per heavy atom. The molecular weight excluding hydrogens is 443 g/mol. The Morgan fingerprint density at radius 2 is 1.53 bits per heavy atom. The maximum atomic E-state index is 6.10. The highest BCUT2D eigenvalue weighted by molar-refractivity contribution is 6.35. The first kappa shape index (κ1) is 20.6. The summed E-state index contributed by atoms with van der Waals surface area (Å²) in [5, 5.41) is 1.80. The average molecular weight is 460 g/mol. The van der Waals surface area contributed by atoms with Gasteiger partial charge in [-0.25, -0.2) is 4.98 Å². The number of rotatable bonds is 6. The molecule has 0 saturated heterocycles. The average Bonchev–Trinajstić information content (AvgIpc) is 3.23. The number of hydrogen-bond acceptors (Lipinski definition) is 3. The normalized spacial score (nSPS) is 10.8. The fraction of sp³-hybridized carbons (Fsp3) is 0.0870. The van der Waals surface area contributed by atoms with Gasteiger partial charge >= 0.3 is 0 Å². The highest BCUT2D eigenvalue weighted by Gasteiger charge is 2.11. The Morgan fingerprint density at radius 3 is 2.23 bits per heavy atom. The SMILES string of the molecule is COc1cc(-c2cnc(-c3cc(Cl)cc(Cl)c3)[nH]2)ccc1OCc1ccc(Cl)cc1. The number of aromatic nitrogens is 2. The van der Waals surface area contributed by atoms with Gasteiger partial charge in [0.15, 0.2) is 11.5 Å². The molecule has 30 heavy (non-hydrogen) atoms. The molecule has 0 aliphatic rings. The van der Waals surface area contributed by atoms with E-state index in [2.05, 4.69) is 9.97 Å². The van der Waals surface area contributed by atoms with Crippen LogP contribution in [0.1, 0.15) is 5.56 Å². The van der Waals surface area contributed by atoms with Crippen molar-refractivity contribution in [3.8, 4) is 34.1 Å². The molecule has 7 heteroatoms. The number of H-pyrrole nitrogens is 1. The molecular formula is C23H17Cl3N2O2. The van der Waals surface area contributed by atoms with E-state index in [-0.39, 0.29) is 0 Å². The molecule has 3 aromatic carbocycles. The zero-order valence-electron chi connectivity index (χ0n) is 16.0. The Balaban J connectivity index is 1.55. The van der Waals surface area contributed by atoms with Crippen LogP contribution in [0.4, 0.5) is 0 Å². The predicted octanol–water partition coefficient (Wildman–Crippen LogP) is 7.29. The molecule has 0 aliphatic heterocycles. The van der Waals surface area contributed by atoms with Gasteiger partial charge in [0.05, 0.1) is 19.0 Å². The van der Waals surface area contributed by atoms with Crippen LogP contribution >= 0.6 is 34.8 Å². The smallest absolute Gasteiger partial charge is 0.161 e. The molecule has 0 spiro atoms. The molecule has 4 aromatic rings. The molecule has 0 radical (unpaired) electrons. The largest absolute Gasteiger partial charge is 0.493 e. The molecule has 152 valence electrons. The van der Waals surface area contributed by atoms with Crippen molar-refractivity contribution in [1.29, 1.82) is 0 Å². The van der Waals surface area contributed by atoms with Crippen molar-refractivity contribution < 1.29 is 9.47 Å². The number of methoxy groups -OCH3 is 1. The van der Waals surface area contributed by atoms with Crippen molar-refractivity contribution in [2.45, 2.75) is 6.61 Å². The van der Waals surface area contributed by atoms with Gasteiger partial charge in [0.25, 0.3) is 0 Å². The Hall–Kier alpha value is -2.66. The molecule has 0 saturated carbocycles. The minimum Gasteiger partial charge on any atom is -0.493 e. The second kappa shape index (κ2) is 9.00. The van der Waals surface area contributed by atoms with Gasteiger partial charge in [0.2, 0.25) is 0 Å². The molecule has 1 N–H and O–H groups in total. The van der Waals surface area contributed by atoms with Crippen LogP contribution in [-0.2, 0) is 6.61 Å². The van der Waals surface area contributed by atoms with E-state index < -0.39 is 0 Å². The summed E-state index contributed by atoms with van der Waals surface area (Å²) >= 11 is 18.1. The summed E-state index contributed by atoms with van der Waals surface area (Å²) in [5.74, 6) is 1.96. The van der Waals surface area contributed by atoms with Gasteiger partial charge in [-0.3, -0.25) is 0 Å². The molecule has 1 aromatic heterocycles. The van der Waals surface area contributed by atoms with E-state index in [1.165, 1.54) is 0 Å². The molecule has 0 amide bonds. The van der Waals surface area contributed by atoms with Crippen LogP contribution in [0.2, 0.25) is 15.1 Å². The minimum absolute atomic E-state index is 0.413. The van der Waals surface area contributed by atoms with Gasteiger partial charge in [-0.2, -0.15) is 0 Å². The van der Waals surface area contributed by atoms with Gasteiger partial charge in [-0.05, 0) is 54.1 Å². The maximum Gasteiger partial charge on any atom is 0.161 e. The summed E-state index contributed by atoms with van der Waals surface area (Å²) in [7, 11) is 1.61. The number of benzene rings is 3. The Bertz CT molecular complexity index is 1150. The van der Waals surface area contributed by atoms with Gasteiger partial charge in [0.1, 0.15) is 12.4 Å². The highest BCUT2D eigenvalue weighted by Crippen LogP contribution is 2.34. The fourth-order valence-electron chi connectivity index (χ4n) is 3.00. The topological polar surface area (TPSA) is 47.1 Å². The lowest BCUT2D eigenvalue weighted by atomic mass is 10.1. The van der Waals surface area contributed by atoms with Gasteiger partial charge in [-0.1, -0.05) is 46.9 Å². The summed E-state index contributed by atoms with van der Waals surface area (Å²) in [6, 6.07) is 18.6. The van der Waals surface area contributed by atoms with E-state index in [0.717, 1.165) is 22.4 Å². The predicted molar refractivity (Wildman–Crippen MR) is 122 cm³/mol. The van der Waals surface area contributed by atoms with Crippen LogP contribution in [0, 0.1) is 0 Å². The van der Waals surface area contributed by atoms with E-state index in [4.69, 9.17) is 44.3 Å². The van der Waals surface area contributed by atoms with Gasteiger partial charge < -0.3 is 14.5 Å². The third-order valence-electron chi connectivity index (χ3n) is 4.49. The zero-order valence-corrected chi connectivity index (χ0v) is 18.2. The molecule has 4 nitrogen and oxygen atoms in total. The summed E-state index contributed by atoms with van der Waals surface area (Å²) < 4.78 is 11.4. The minimum atomic E-state index is 0.413. The second-order valence-corrected chi connectivity index (χ2v) is 7.89. The van der Waals surface area contributed by atoms with Crippen molar-refractivity contribution in [3.63, 3.8) is 0 Å². The monoisotopic (exact) mass is 458 g/mol. The zero-order chi connectivity index (χ0) is 21.1. The number of ether oxygens (including phenoxy) is 2. The molecule has 0 unspecified atom stereocenters. The lowest BCUT2D eigenvalue weighted by Gasteiger charge is -2.12. The van der Waals surface area contributed by atoms with Gasteiger partial charge in [0, 0.05) is 26.2 Å². The molecule has 0 fully saturated rings.